The van der Waals surface area contributed by atoms with Crippen molar-refractivity contribution in [3.8, 4) is 0 Å². The molecule has 1 amide bonds. The number of anilines is 2. The molecule has 0 saturated carbocycles. The van der Waals surface area contributed by atoms with Gasteiger partial charge in [0, 0.05) is 24.7 Å². The molecule has 0 aliphatic carbocycles. The van der Waals surface area contributed by atoms with E-state index in [1.54, 1.807) is 23.7 Å². The Hall–Kier alpha value is -3.20. The number of nitrogens with zero attached hydrogens (tertiary/aromatic N) is 4. The van der Waals surface area contributed by atoms with Gasteiger partial charge >= 0.3 is 0 Å². The van der Waals surface area contributed by atoms with Crippen LogP contribution >= 0.6 is 11.3 Å². The Morgan fingerprint density at radius 2 is 1.97 bits per heavy atom. The number of hydrogen-bond donors (Lipinski definition) is 1. The van der Waals surface area contributed by atoms with Crippen LogP contribution in [-0.2, 0) is 0 Å². The molecular formula is C20H17F2N5OS. The summed E-state index contributed by atoms with van der Waals surface area (Å²) in [6, 6.07) is 3.25. The van der Waals surface area contributed by atoms with Crippen LogP contribution in [0.5, 0.6) is 0 Å². The third-order valence-corrected chi connectivity index (χ3v) is 5.54. The van der Waals surface area contributed by atoms with Crippen molar-refractivity contribution >= 4 is 33.8 Å². The molecule has 0 radical (unpaired) electrons. The summed E-state index contributed by atoms with van der Waals surface area (Å²) in [5.74, 6) is -2.66. The van der Waals surface area contributed by atoms with Crippen molar-refractivity contribution in [2.24, 2.45) is 0 Å². The molecule has 2 aromatic heterocycles. The predicted octanol–water partition coefficient (Wildman–Crippen LogP) is 4.15. The van der Waals surface area contributed by atoms with Crippen LogP contribution in [0.2, 0.25) is 0 Å². The molecule has 148 valence electrons. The number of halogens is 2. The second kappa shape index (κ2) is 8.04. The van der Waals surface area contributed by atoms with E-state index in [9.17, 15) is 13.6 Å². The summed E-state index contributed by atoms with van der Waals surface area (Å²) in [5, 5.41) is 5.28. The van der Waals surface area contributed by atoms with Gasteiger partial charge in [0.05, 0.1) is 18.1 Å². The molecule has 0 saturated heterocycles. The van der Waals surface area contributed by atoms with E-state index in [0.717, 1.165) is 35.8 Å². The van der Waals surface area contributed by atoms with Crippen LogP contribution < -0.4 is 10.2 Å². The third-order valence-electron chi connectivity index (χ3n) is 4.70. The highest BCUT2D eigenvalue weighted by molar-refractivity contribution is 7.13. The van der Waals surface area contributed by atoms with E-state index >= 15 is 0 Å². The molecular weight excluding hydrogens is 396 g/mol. The van der Waals surface area contributed by atoms with E-state index in [2.05, 4.69) is 32.1 Å². The zero-order valence-corrected chi connectivity index (χ0v) is 16.3. The maximum Gasteiger partial charge on any atom is 0.262 e. The number of hydrogen-bond acceptors (Lipinski definition) is 6. The van der Waals surface area contributed by atoms with E-state index in [1.807, 2.05) is 5.38 Å². The van der Waals surface area contributed by atoms with Gasteiger partial charge in [-0.05, 0) is 31.1 Å². The Morgan fingerprint density at radius 1 is 1.17 bits per heavy atom. The number of rotatable bonds is 4. The van der Waals surface area contributed by atoms with E-state index in [1.165, 1.54) is 17.8 Å². The molecule has 4 rings (SSSR count). The number of carbonyl (C=O) groups is 1. The fraction of sp³-hybridized carbons (Fsp3) is 0.200. The molecule has 3 heterocycles. The van der Waals surface area contributed by atoms with Crippen molar-refractivity contribution in [2.45, 2.75) is 13.3 Å². The highest BCUT2D eigenvalue weighted by Crippen LogP contribution is 2.29. The Balaban J connectivity index is 1.51. The number of aromatic nitrogens is 3. The van der Waals surface area contributed by atoms with E-state index < -0.39 is 23.1 Å². The molecule has 1 aliphatic heterocycles. The molecule has 0 bridgehead atoms. The van der Waals surface area contributed by atoms with Gasteiger partial charge in [0.15, 0.2) is 10.9 Å². The minimum atomic E-state index is -0.933. The molecule has 1 aromatic carbocycles. The highest BCUT2D eigenvalue weighted by atomic mass is 32.1. The molecule has 3 aromatic rings. The quantitative estimate of drug-likeness (QED) is 0.696. The second-order valence-electron chi connectivity index (χ2n) is 6.58. The lowest BCUT2D eigenvalue weighted by atomic mass is 9.99. The third kappa shape index (κ3) is 4.00. The molecule has 0 fully saturated rings. The summed E-state index contributed by atoms with van der Waals surface area (Å²) < 4.78 is 27.5. The maximum atomic E-state index is 13.8. The van der Waals surface area contributed by atoms with Gasteiger partial charge < -0.3 is 10.2 Å². The van der Waals surface area contributed by atoms with Gasteiger partial charge in [-0.2, -0.15) is 0 Å². The van der Waals surface area contributed by atoms with E-state index in [0.29, 0.717) is 12.2 Å². The molecule has 1 N–H and O–H groups in total. The van der Waals surface area contributed by atoms with Gasteiger partial charge in [-0.15, -0.1) is 11.3 Å². The summed E-state index contributed by atoms with van der Waals surface area (Å²) in [5.41, 5.74) is 2.32. The fourth-order valence-electron chi connectivity index (χ4n) is 3.14. The lowest BCUT2D eigenvalue weighted by Gasteiger charge is -2.29. The molecule has 6 nitrogen and oxygen atoms in total. The minimum Gasteiger partial charge on any atom is -0.343 e. The monoisotopic (exact) mass is 413 g/mol. The van der Waals surface area contributed by atoms with Crippen molar-refractivity contribution < 1.29 is 13.6 Å². The largest absolute Gasteiger partial charge is 0.343 e. The second-order valence-corrected chi connectivity index (χ2v) is 7.46. The van der Waals surface area contributed by atoms with Crippen molar-refractivity contribution in [1.82, 2.24) is 15.0 Å². The summed E-state index contributed by atoms with van der Waals surface area (Å²) in [4.78, 5) is 27.3. The van der Waals surface area contributed by atoms with Crippen LogP contribution in [0, 0.1) is 11.6 Å². The smallest absolute Gasteiger partial charge is 0.262 e. The van der Waals surface area contributed by atoms with Crippen LogP contribution in [0.3, 0.4) is 0 Å². The standard InChI is InChI=1S/C20H17F2N5OS/c1-12-5-7-27(20-23-6-8-29-20)11-13(12)16-9-25-17(10-24-16)26-19(28)18-14(21)3-2-4-15(18)22/h2-4,6,8-10H,5,7,11H2,1H3,(H,25,26,28). The normalized spacial score (nSPS) is 14.2. The summed E-state index contributed by atoms with van der Waals surface area (Å²) in [6.07, 6.45) is 5.61. The first-order chi connectivity index (χ1) is 14.0. The summed E-state index contributed by atoms with van der Waals surface area (Å²) in [7, 11) is 0. The lowest BCUT2D eigenvalue weighted by Crippen LogP contribution is -2.31. The lowest BCUT2D eigenvalue weighted by molar-refractivity contribution is 0.101. The van der Waals surface area contributed by atoms with Crippen LogP contribution in [-0.4, -0.2) is 33.9 Å². The zero-order chi connectivity index (χ0) is 20.4. The van der Waals surface area contributed by atoms with Crippen LogP contribution in [0.25, 0.3) is 5.57 Å². The van der Waals surface area contributed by atoms with Gasteiger partial charge in [-0.3, -0.25) is 9.78 Å². The number of thiazole rings is 1. The van der Waals surface area contributed by atoms with Crippen molar-refractivity contribution in [1.29, 1.82) is 0 Å². The number of benzene rings is 1. The average molecular weight is 413 g/mol. The predicted molar refractivity (Wildman–Crippen MR) is 108 cm³/mol. The van der Waals surface area contributed by atoms with Crippen molar-refractivity contribution in [3.05, 3.63) is 70.6 Å². The zero-order valence-electron chi connectivity index (χ0n) is 15.5. The highest BCUT2D eigenvalue weighted by Gasteiger charge is 2.21. The fourth-order valence-corrected chi connectivity index (χ4v) is 3.81. The molecule has 0 spiro atoms. The Kier molecular flexibility index (Phi) is 5.30. The van der Waals surface area contributed by atoms with Gasteiger partial charge in [0.25, 0.3) is 5.91 Å². The van der Waals surface area contributed by atoms with Crippen molar-refractivity contribution in [3.63, 3.8) is 0 Å². The average Bonchev–Trinajstić information content (AvgIpc) is 3.24. The Bertz CT molecular complexity index is 1050. The summed E-state index contributed by atoms with van der Waals surface area (Å²) >= 11 is 1.58. The van der Waals surface area contributed by atoms with E-state index in [-0.39, 0.29) is 5.82 Å². The van der Waals surface area contributed by atoms with Crippen LogP contribution in [0.4, 0.5) is 19.7 Å². The van der Waals surface area contributed by atoms with Gasteiger partial charge in [0.2, 0.25) is 0 Å². The molecule has 29 heavy (non-hydrogen) atoms. The molecule has 0 unspecified atom stereocenters. The first kappa shape index (κ1) is 19.1. The molecule has 0 atom stereocenters. The minimum absolute atomic E-state index is 0.118. The van der Waals surface area contributed by atoms with Crippen LogP contribution in [0.1, 0.15) is 29.4 Å². The Labute approximate surface area is 170 Å². The topological polar surface area (TPSA) is 71.0 Å². The SMILES string of the molecule is CC1=C(c2cnc(NC(=O)c3c(F)cccc3F)cn2)CN(c2nccs2)CC1. The number of carbonyl (C=O) groups excluding carboxylic acids is 1. The Morgan fingerprint density at radius 3 is 2.62 bits per heavy atom. The van der Waals surface area contributed by atoms with Crippen LogP contribution in [0.15, 0.2) is 47.7 Å². The molecule has 9 heteroatoms. The summed E-state index contributed by atoms with van der Waals surface area (Å²) in [6.45, 7) is 3.62. The number of nitrogens with one attached hydrogen (secondary N) is 1. The molecule has 1 aliphatic rings. The van der Waals surface area contributed by atoms with Gasteiger partial charge in [-0.1, -0.05) is 11.6 Å². The first-order valence-electron chi connectivity index (χ1n) is 8.94. The van der Waals surface area contributed by atoms with Crippen molar-refractivity contribution in [2.75, 3.05) is 23.3 Å². The van der Waals surface area contributed by atoms with Gasteiger partial charge in [-0.25, -0.2) is 18.7 Å². The first-order valence-corrected chi connectivity index (χ1v) is 9.81. The van der Waals surface area contributed by atoms with E-state index in [4.69, 9.17) is 0 Å². The number of amides is 1. The van der Waals surface area contributed by atoms with Gasteiger partial charge in [0.1, 0.15) is 17.2 Å². The maximum absolute atomic E-state index is 13.8.